The third-order valence-electron chi connectivity index (χ3n) is 3.54. The molecule has 1 aliphatic carbocycles. The van der Waals surface area contributed by atoms with Gasteiger partial charge in [0.25, 0.3) is 0 Å². The monoisotopic (exact) mass is 252 g/mol. The lowest BCUT2D eigenvalue weighted by Crippen LogP contribution is -2.23. The van der Waals surface area contributed by atoms with E-state index in [9.17, 15) is 15.0 Å². The fraction of sp³-hybridized carbons (Fsp3) is 0.667. The molecule has 0 aromatic rings. The van der Waals surface area contributed by atoms with Crippen molar-refractivity contribution in [1.82, 2.24) is 0 Å². The highest BCUT2D eigenvalue weighted by Gasteiger charge is 2.33. The second-order valence-corrected chi connectivity index (χ2v) is 5.48. The number of ketones is 1. The van der Waals surface area contributed by atoms with E-state index in [2.05, 4.69) is 13.5 Å². The summed E-state index contributed by atoms with van der Waals surface area (Å²) in [5.74, 6) is -0.339. The van der Waals surface area contributed by atoms with Crippen LogP contribution in [-0.2, 0) is 4.79 Å². The van der Waals surface area contributed by atoms with E-state index in [4.69, 9.17) is 0 Å². The summed E-state index contributed by atoms with van der Waals surface area (Å²) in [5, 5.41) is 19.8. The number of carbonyl (C=O) groups excluding carboxylic acids is 1. The zero-order valence-electron chi connectivity index (χ0n) is 11.4. The van der Waals surface area contributed by atoms with Crippen molar-refractivity contribution >= 4 is 5.78 Å². The van der Waals surface area contributed by atoms with Crippen LogP contribution in [0, 0.1) is 5.92 Å². The van der Waals surface area contributed by atoms with E-state index in [-0.39, 0.29) is 18.1 Å². The Labute approximate surface area is 109 Å². The number of hydrogen-bond acceptors (Lipinski definition) is 3. The molecule has 3 atom stereocenters. The molecule has 0 bridgehead atoms. The molecule has 0 aromatic carbocycles. The average Bonchev–Trinajstić information content (AvgIpc) is 2.53. The summed E-state index contributed by atoms with van der Waals surface area (Å²) in [6.07, 6.45) is 6.54. The van der Waals surface area contributed by atoms with E-state index in [0.29, 0.717) is 12.0 Å². The third-order valence-corrected chi connectivity index (χ3v) is 3.54. The van der Waals surface area contributed by atoms with Crippen LogP contribution in [0.3, 0.4) is 0 Å². The highest BCUT2D eigenvalue weighted by molar-refractivity contribution is 5.98. The lowest BCUT2D eigenvalue weighted by Gasteiger charge is -2.21. The maximum atomic E-state index is 11.4. The Morgan fingerprint density at radius 3 is 2.72 bits per heavy atom. The quantitative estimate of drug-likeness (QED) is 0.563. The first-order valence-electron chi connectivity index (χ1n) is 6.66. The Balaban J connectivity index is 2.50. The van der Waals surface area contributed by atoms with Crippen molar-refractivity contribution < 1.29 is 15.0 Å². The molecule has 0 aliphatic heterocycles. The molecule has 1 fully saturated rings. The molecule has 3 nitrogen and oxygen atoms in total. The first kappa shape index (κ1) is 15.1. The van der Waals surface area contributed by atoms with Crippen molar-refractivity contribution in [2.24, 2.45) is 5.92 Å². The fourth-order valence-corrected chi connectivity index (χ4v) is 2.24. The van der Waals surface area contributed by atoms with Gasteiger partial charge >= 0.3 is 0 Å². The zero-order chi connectivity index (χ0) is 13.8. The predicted octanol–water partition coefficient (Wildman–Crippen LogP) is 2.38. The largest absolute Gasteiger partial charge is 0.392 e. The van der Waals surface area contributed by atoms with Crippen molar-refractivity contribution in [1.29, 1.82) is 0 Å². The lowest BCUT2D eigenvalue weighted by molar-refractivity contribution is -0.115. The summed E-state index contributed by atoms with van der Waals surface area (Å²) >= 11 is 0. The number of aliphatic hydroxyl groups is 2. The van der Waals surface area contributed by atoms with Crippen molar-refractivity contribution in [3.05, 3.63) is 24.3 Å². The molecule has 3 heteroatoms. The summed E-state index contributed by atoms with van der Waals surface area (Å²) in [4.78, 5) is 11.4. The van der Waals surface area contributed by atoms with Crippen molar-refractivity contribution in [2.45, 2.75) is 57.7 Å². The van der Waals surface area contributed by atoms with Crippen LogP contribution in [0.1, 0.15) is 46.0 Å². The summed E-state index contributed by atoms with van der Waals surface area (Å²) in [5.41, 5.74) is -0.228. The van der Waals surface area contributed by atoms with Gasteiger partial charge in [0.15, 0.2) is 5.78 Å². The van der Waals surface area contributed by atoms with Crippen LogP contribution in [0.5, 0.6) is 0 Å². The van der Waals surface area contributed by atoms with Gasteiger partial charge in [0.1, 0.15) is 0 Å². The Morgan fingerprint density at radius 1 is 1.56 bits per heavy atom. The smallest absolute Gasteiger partial charge is 0.161 e. The van der Waals surface area contributed by atoms with Crippen molar-refractivity contribution in [3.63, 3.8) is 0 Å². The summed E-state index contributed by atoms with van der Waals surface area (Å²) in [7, 11) is 0. The second kappa shape index (κ2) is 6.30. The average molecular weight is 252 g/mol. The summed E-state index contributed by atoms with van der Waals surface area (Å²) in [6.45, 7) is 7.62. The standard InChI is InChI=1S/C15H24O3/c1-4-5-8-15(3,18)9-6-7-12-11(2)13(16)10-14(12)17/h6-7,12,14,17-18H,2,4-5,8-10H2,1,3H3/b7-6+/t12-,14-,15-/m1/s1. The second-order valence-electron chi connectivity index (χ2n) is 5.48. The number of Topliss-reactive ketones (excluding diaryl/α,β-unsaturated/α-hetero) is 1. The minimum absolute atomic E-state index is 0.0603. The minimum Gasteiger partial charge on any atom is -0.392 e. The molecule has 0 radical (unpaired) electrons. The number of hydrogen-bond donors (Lipinski definition) is 2. The van der Waals surface area contributed by atoms with Gasteiger partial charge in [-0.2, -0.15) is 0 Å². The Hall–Kier alpha value is -0.930. The molecule has 1 rings (SSSR count). The van der Waals surface area contributed by atoms with Gasteiger partial charge < -0.3 is 10.2 Å². The van der Waals surface area contributed by atoms with Gasteiger partial charge in [0, 0.05) is 12.3 Å². The Kier molecular flexibility index (Phi) is 5.29. The first-order chi connectivity index (χ1) is 8.37. The molecule has 18 heavy (non-hydrogen) atoms. The molecule has 2 N–H and O–H groups in total. The molecular weight excluding hydrogens is 228 g/mol. The van der Waals surface area contributed by atoms with Crippen LogP contribution in [0.2, 0.25) is 0 Å². The molecule has 0 saturated heterocycles. The molecule has 0 spiro atoms. The van der Waals surface area contributed by atoms with Gasteiger partial charge in [-0.3, -0.25) is 4.79 Å². The molecule has 1 aliphatic rings. The van der Waals surface area contributed by atoms with Crippen LogP contribution in [0.25, 0.3) is 0 Å². The highest BCUT2D eigenvalue weighted by atomic mass is 16.3. The maximum Gasteiger partial charge on any atom is 0.161 e. The summed E-state index contributed by atoms with van der Waals surface area (Å²) in [6, 6.07) is 0. The van der Waals surface area contributed by atoms with Crippen molar-refractivity contribution in [3.8, 4) is 0 Å². The fourth-order valence-electron chi connectivity index (χ4n) is 2.24. The zero-order valence-corrected chi connectivity index (χ0v) is 11.4. The predicted molar refractivity (Wildman–Crippen MR) is 72.2 cm³/mol. The van der Waals surface area contributed by atoms with Crippen LogP contribution in [-0.4, -0.2) is 27.7 Å². The minimum atomic E-state index is -0.707. The SMILES string of the molecule is C=C1C(=O)C[C@@H](O)[C@@H]1/C=C/C[C@](C)(O)CCCC. The lowest BCUT2D eigenvalue weighted by atomic mass is 9.93. The van der Waals surface area contributed by atoms with E-state index in [1.165, 1.54) is 0 Å². The first-order valence-corrected chi connectivity index (χ1v) is 6.66. The topological polar surface area (TPSA) is 57.5 Å². The maximum absolute atomic E-state index is 11.4. The Morgan fingerprint density at radius 2 is 2.22 bits per heavy atom. The van der Waals surface area contributed by atoms with Crippen LogP contribution in [0.15, 0.2) is 24.3 Å². The number of unbranched alkanes of at least 4 members (excludes halogenated alkanes) is 1. The highest BCUT2D eigenvalue weighted by Crippen LogP contribution is 2.29. The van der Waals surface area contributed by atoms with Gasteiger partial charge in [-0.1, -0.05) is 38.5 Å². The van der Waals surface area contributed by atoms with Gasteiger partial charge in [-0.25, -0.2) is 0 Å². The molecule has 0 heterocycles. The third kappa shape index (κ3) is 4.07. The van der Waals surface area contributed by atoms with Gasteiger partial charge in [-0.15, -0.1) is 0 Å². The van der Waals surface area contributed by atoms with E-state index < -0.39 is 11.7 Å². The van der Waals surface area contributed by atoms with Gasteiger partial charge in [0.2, 0.25) is 0 Å². The van der Waals surface area contributed by atoms with E-state index in [0.717, 1.165) is 19.3 Å². The number of aliphatic hydroxyl groups excluding tert-OH is 1. The molecule has 0 amide bonds. The summed E-state index contributed by atoms with van der Waals surface area (Å²) < 4.78 is 0. The van der Waals surface area contributed by atoms with Gasteiger partial charge in [-0.05, 0) is 25.3 Å². The molecule has 0 aromatic heterocycles. The Bertz CT molecular complexity index is 342. The number of rotatable bonds is 6. The van der Waals surface area contributed by atoms with Crippen LogP contribution >= 0.6 is 0 Å². The normalized spacial score (nSPS) is 28.0. The molecule has 0 unspecified atom stereocenters. The van der Waals surface area contributed by atoms with E-state index in [1.54, 1.807) is 6.08 Å². The molecule has 102 valence electrons. The van der Waals surface area contributed by atoms with Crippen LogP contribution in [0.4, 0.5) is 0 Å². The van der Waals surface area contributed by atoms with Crippen molar-refractivity contribution in [2.75, 3.05) is 0 Å². The van der Waals surface area contributed by atoms with Gasteiger partial charge in [0.05, 0.1) is 11.7 Å². The number of carbonyl (C=O) groups is 1. The van der Waals surface area contributed by atoms with Crippen LogP contribution < -0.4 is 0 Å². The van der Waals surface area contributed by atoms with E-state index in [1.807, 2.05) is 13.0 Å². The molecule has 1 saturated carbocycles. The van der Waals surface area contributed by atoms with E-state index >= 15 is 0 Å². The molecular formula is C15H24O3.